The molecule has 0 atom stereocenters. The molecule has 0 bridgehead atoms. The van der Waals surface area contributed by atoms with Gasteiger partial charge in [0.2, 0.25) is 0 Å². The largest absolute Gasteiger partial charge is 0.494 e. The molecule has 1 aliphatic rings. The number of rotatable bonds is 6. The van der Waals surface area contributed by atoms with Gasteiger partial charge in [-0.3, -0.25) is 4.90 Å². The van der Waals surface area contributed by atoms with Crippen LogP contribution in [0.4, 0.5) is 19.3 Å². The van der Waals surface area contributed by atoms with Crippen LogP contribution in [0, 0.1) is 6.92 Å². The van der Waals surface area contributed by atoms with Crippen LogP contribution in [0.25, 0.3) is 0 Å². The van der Waals surface area contributed by atoms with E-state index in [2.05, 4.69) is 10.6 Å². The van der Waals surface area contributed by atoms with Crippen LogP contribution in [0.3, 0.4) is 0 Å². The number of hydrogen-bond acceptors (Lipinski definition) is 3. The number of carbonyl (C=O) groups excluding carboxylic acids is 1. The van der Waals surface area contributed by atoms with E-state index in [1.165, 1.54) is 0 Å². The zero-order valence-corrected chi connectivity index (χ0v) is 14.1. The van der Waals surface area contributed by atoms with Crippen molar-refractivity contribution in [1.82, 2.24) is 10.2 Å². The predicted octanol–water partition coefficient (Wildman–Crippen LogP) is 3.24. The molecule has 1 saturated heterocycles. The molecule has 0 aliphatic carbocycles. The fourth-order valence-electron chi connectivity index (χ4n) is 2.85. The molecule has 134 valence electrons. The number of nitrogens with zero attached hydrogens (tertiary/aromatic N) is 1. The van der Waals surface area contributed by atoms with Gasteiger partial charge in [0.05, 0.1) is 13.2 Å². The van der Waals surface area contributed by atoms with E-state index in [1.54, 1.807) is 11.0 Å². The number of benzene rings is 1. The van der Waals surface area contributed by atoms with Crippen molar-refractivity contribution in [2.75, 3.05) is 31.6 Å². The van der Waals surface area contributed by atoms with E-state index in [0.29, 0.717) is 38.2 Å². The van der Waals surface area contributed by atoms with E-state index >= 15 is 0 Å². The lowest BCUT2D eigenvalue weighted by molar-refractivity contribution is 0.0739. The number of alkyl halides is 2. The number of urea groups is 1. The topological polar surface area (TPSA) is 53.6 Å². The molecule has 1 heterocycles. The van der Waals surface area contributed by atoms with Crippen molar-refractivity contribution < 1.29 is 18.3 Å². The number of amides is 2. The Morgan fingerprint density at radius 2 is 2.08 bits per heavy atom. The van der Waals surface area contributed by atoms with E-state index in [1.807, 2.05) is 26.0 Å². The smallest absolute Gasteiger partial charge is 0.319 e. The van der Waals surface area contributed by atoms with Crippen molar-refractivity contribution >= 4 is 11.7 Å². The molecule has 2 amide bonds. The summed E-state index contributed by atoms with van der Waals surface area (Å²) in [7, 11) is 0. The maximum atomic E-state index is 12.3. The predicted molar refractivity (Wildman–Crippen MR) is 90.0 cm³/mol. The molecule has 0 spiro atoms. The summed E-state index contributed by atoms with van der Waals surface area (Å²) in [6, 6.07) is 5.23. The molecule has 1 aromatic carbocycles. The Kier molecular flexibility index (Phi) is 6.78. The Morgan fingerprint density at radius 3 is 2.67 bits per heavy atom. The van der Waals surface area contributed by atoms with Crippen molar-refractivity contribution in [3.63, 3.8) is 0 Å². The SMILES string of the molecule is CCOc1ccc(NC(=O)NC2CCN(CC(F)F)CC2)cc1C. The van der Waals surface area contributed by atoms with Gasteiger partial charge in [-0.25, -0.2) is 13.6 Å². The number of halogens is 2. The fraction of sp³-hybridized carbons (Fsp3) is 0.588. The molecule has 7 heteroatoms. The average Bonchev–Trinajstić information content (AvgIpc) is 2.51. The van der Waals surface area contributed by atoms with Gasteiger partial charge in [0.25, 0.3) is 6.43 Å². The molecule has 1 fully saturated rings. The molecule has 5 nitrogen and oxygen atoms in total. The van der Waals surface area contributed by atoms with Gasteiger partial charge in [-0.1, -0.05) is 0 Å². The van der Waals surface area contributed by atoms with E-state index in [0.717, 1.165) is 11.3 Å². The molecule has 0 saturated carbocycles. The van der Waals surface area contributed by atoms with Crippen LogP contribution in [0.15, 0.2) is 18.2 Å². The Bertz CT molecular complexity index is 547. The van der Waals surface area contributed by atoms with Gasteiger partial charge >= 0.3 is 6.03 Å². The normalized spacial score (nSPS) is 16.2. The standard InChI is InChI=1S/C17H25F2N3O2/c1-3-24-15-5-4-14(10-12(15)2)21-17(23)20-13-6-8-22(9-7-13)11-16(18)19/h4-5,10,13,16H,3,6-9,11H2,1-2H3,(H2,20,21,23). The van der Waals surface area contributed by atoms with Gasteiger partial charge in [-0.2, -0.15) is 0 Å². The highest BCUT2D eigenvalue weighted by atomic mass is 19.3. The monoisotopic (exact) mass is 341 g/mol. The molecule has 2 rings (SSSR count). The minimum absolute atomic E-state index is 0.0164. The van der Waals surface area contributed by atoms with Gasteiger partial charge < -0.3 is 15.4 Å². The van der Waals surface area contributed by atoms with Crippen LogP contribution < -0.4 is 15.4 Å². The van der Waals surface area contributed by atoms with Gasteiger partial charge in [0, 0.05) is 24.8 Å². The zero-order valence-electron chi connectivity index (χ0n) is 14.1. The first-order valence-electron chi connectivity index (χ1n) is 8.29. The van der Waals surface area contributed by atoms with E-state index in [4.69, 9.17) is 4.74 Å². The first-order chi connectivity index (χ1) is 11.5. The summed E-state index contributed by atoms with van der Waals surface area (Å²) in [5.41, 5.74) is 1.65. The average molecular weight is 341 g/mol. The summed E-state index contributed by atoms with van der Waals surface area (Å²) in [6.45, 7) is 5.41. The van der Waals surface area contributed by atoms with Gasteiger partial charge in [0.1, 0.15) is 5.75 Å². The van der Waals surface area contributed by atoms with Crippen LogP contribution in [-0.4, -0.2) is 49.6 Å². The van der Waals surface area contributed by atoms with Crippen molar-refractivity contribution in [3.8, 4) is 5.75 Å². The van der Waals surface area contributed by atoms with Gasteiger partial charge in [-0.05, 0) is 50.5 Å². The minimum Gasteiger partial charge on any atom is -0.494 e. The van der Waals surface area contributed by atoms with E-state index in [9.17, 15) is 13.6 Å². The highest BCUT2D eigenvalue weighted by Crippen LogP contribution is 2.22. The Morgan fingerprint density at radius 1 is 1.38 bits per heavy atom. The summed E-state index contributed by atoms with van der Waals surface area (Å²) in [5, 5.41) is 5.71. The van der Waals surface area contributed by atoms with Crippen molar-refractivity contribution in [3.05, 3.63) is 23.8 Å². The second-order valence-electron chi connectivity index (χ2n) is 5.98. The third-order valence-electron chi connectivity index (χ3n) is 4.05. The van der Waals surface area contributed by atoms with Crippen molar-refractivity contribution in [2.45, 2.75) is 39.2 Å². The number of nitrogens with one attached hydrogen (secondary N) is 2. The maximum Gasteiger partial charge on any atom is 0.319 e. The summed E-state index contributed by atoms with van der Waals surface area (Å²) >= 11 is 0. The van der Waals surface area contributed by atoms with Crippen molar-refractivity contribution in [1.29, 1.82) is 0 Å². The number of ether oxygens (including phenoxy) is 1. The Balaban J connectivity index is 1.78. The van der Waals surface area contributed by atoms with Crippen LogP contribution in [0.1, 0.15) is 25.3 Å². The fourth-order valence-corrected chi connectivity index (χ4v) is 2.85. The zero-order chi connectivity index (χ0) is 17.5. The first kappa shape index (κ1) is 18.4. The molecule has 1 aromatic rings. The number of aryl methyl sites for hydroxylation is 1. The molecule has 2 N–H and O–H groups in total. The van der Waals surface area contributed by atoms with Crippen LogP contribution in [-0.2, 0) is 0 Å². The highest BCUT2D eigenvalue weighted by molar-refractivity contribution is 5.89. The highest BCUT2D eigenvalue weighted by Gasteiger charge is 2.22. The third-order valence-corrected chi connectivity index (χ3v) is 4.05. The number of piperidine rings is 1. The number of likely N-dealkylation sites (tertiary alicyclic amines) is 1. The summed E-state index contributed by atoms with van der Waals surface area (Å²) in [6.07, 6.45) is -0.939. The van der Waals surface area contributed by atoms with E-state index < -0.39 is 6.43 Å². The van der Waals surface area contributed by atoms with Gasteiger partial charge in [-0.15, -0.1) is 0 Å². The summed E-state index contributed by atoms with van der Waals surface area (Å²) in [5.74, 6) is 0.801. The van der Waals surface area contributed by atoms with Gasteiger partial charge in [0.15, 0.2) is 0 Å². The lowest BCUT2D eigenvalue weighted by Gasteiger charge is -2.32. The minimum atomic E-state index is -2.30. The lowest BCUT2D eigenvalue weighted by Crippen LogP contribution is -2.46. The second kappa shape index (κ2) is 8.82. The maximum absolute atomic E-state index is 12.3. The summed E-state index contributed by atoms with van der Waals surface area (Å²) < 4.78 is 30.2. The Hall–Kier alpha value is -1.89. The molecule has 0 aromatic heterocycles. The molecule has 1 aliphatic heterocycles. The molecule has 0 radical (unpaired) electrons. The van der Waals surface area contributed by atoms with Crippen LogP contribution >= 0.6 is 0 Å². The lowest BCUT2D eigenvalue weighted by atomic mass is 10.1. The number of anilines is 1. The quantitative estimate of drug-likeness (QED) is 0.835. The number of carbonyl (C=O) groups is 1. The molecule has 24 heavy (non-hydrogen) atoms. The van der Waals surface area contributed by atoms with Crippen LogP contribution in [0.5, 0.6) is 5.75 Å². The molecular weight excluding hydrogens is 316 g/mol. The molecule has 0 unspecified atom stereocenters. The number of hydrogen-bond donors (Lipinski definition) is 2. The first-order valence-corrected chi connectivity index (χ1v) is 8.29. The van der Waals surface area contributed by atoms with Crippen molar-refractivity contribution in [2.24, 2.45) is 0 Å². The molecular formula is C17H25F2N3O2. The summed E-state index contributed by atoms with van der Waals surface area (Å²) in [4.78, 5) is 13.8. The Labute approximate surface area is 141 Å². The third kappa shape index (κ3) is 5.63. The second-order valence-corrected chi connectivity index (χ2v) is 5.98. The van der Waals surface area contributed by atoms with Crippen LogP contribution in [0.2, 0.25) is 0 Å². The van der Waals surface area contributed by atoms with E-state index in [-0.39, 0.29) is 18.6 Å².